The molecule has 0 bridgehead atoms. The van der Waals surface area contributed by atoms with Gasteiger partial charge in [-0.05, 0) is 35.3 Å². The summed E-state index contributed by atoms with van der Waals surface area (Å²) in [5.41, 5.74) is 0.332. The number of nitrogens with zero attached hydrogens (tertiary/aromatic N) is 4. The highest BCUT2D eigenvalue weighted by molar-refractivity contribution is 6.31. The van der Waals surface area contributed by atoms with Crippen LogP contribution < -0.4 is 9.64 Å². The summed E-state index contributed by atoms with van der Waals surface area (Å²) in [4.78, 5) is 36.7. The molecular weight excluding hydrogens is 343 g/mol. The summed E-state index contributed by atoms with van der Waals surface area (Å²) < 4.78 is 5.19. The second-order valence-corrected chi connectivity index (χ2v) is 5.06. The Hall–Kier alpha value is -2.25. The molecule has 0 fully saturated rings. The Bertz CT molecular complexity index is 734. The number of amides is 2. The Morgan fingerprint density at radius 1 is 1.13 bits per heavy atom. The summed E-state index contributed by atoms with van der Waals surface area (Å²) >= 11 is 11.4. The maximum Gasteiger partial charge on any atom is 0.241 e. The van der Waals surface area contributed by atoms with Gasteiger partial charge in [-0.15, -0.1) is 0 Å². The van der Waals surface area contributed by atoms with Crippen LogP contribution in [0.4, 0.5) is 5.69 Å². The Kier molecular flexibility index (Phi) is 5.46. The number of carbonyl (C=O) groups is 2. The molecule has 2 aromatic rings. The molecule has 0 aliphatic rings. The first kappa shape index (κ1) is 17.1. The summed E-state index contributed by atoms with van der Waals surface area (Å²) in [6.45, 7) is 1.28. The van der Waals surface area contributed by atoms with Crippen molar-refractivity contribution in [3.8, 4) is 5.75 Å². The molecule has 0 aliphatic carbocycles. The van der Waals surface area contributed by atoms with E-state index in [1.807, 2.05) is 0 Å². The van der Waals surface area contributed by atoms with E-state index in [1.54, 1.807) is 24.3 Å². The smallest absolute Gasteiger partial charge is 0.241 e. The summed E-state index contributed by atoms with van der Waals surface area (Å²) in [6, 6.07) is 6.68. The summed E-state index contributed by atoms with van der Waals surface area (Å²) in [6.07, 6.45) is -0.264. The number of hydrogen-bond donors (Lipinski definition) is 0. The zero-order valence-electron chi connectivity index (χ0n) is 12.3. The number of ether oxygens (including phenoxy) is 1. The average Bonchev–Trinajstić information content (AvgIpc) is 2.46. The zero-order valence-corrected chi connectivity index (χ0v) is 13.8. The van der Waals surface area contributed by atoms with Crippen LogP contribution in [-0.2, 0) is 16.0 Å². The molecule has 1 aromatic carbocycles. The predicted molar refractivity (Wildman–Crippen MR) is 84.7 cm³/mol. The number of methoxy groups -OCH3 is 1. The van der Waals surface area contributed by atoms with E-state index in [4.69, 9.17) is 27.9 Å². The topological polar surface area (TPSA) is 85.3 Å². The van der Waals surface area contributed by atoms with Gasteiger partial charge in [-0.2, -0.15) is 4.98 Å². The number of carbonyl (C=O) groups excluding carboxylic acids is 2. The van der Waals surface area contributed by atoms with E-state index < -0.39 is 11.8 Å². The Labute approximate surface area is 142 Å². The van der Waals surface area contributed by atoms with Crippen molar-refractivity contribution < 1.29 is 14.3 Å². The van der Waals surface area contributed by atoms with Crippen LogP contribution in [0.5, 0.6) is 5.75 Å². The molecular formula is C14H12Cl2N4O3. The van der Waals surface area contributed by atoms with E-state index in [0.717, 1.165) is 4.90 Å². The number of aromatic nitrogens is 3. The predicted octanol–water partition coefficient (Wildman–Crippen LogP) is 2.31. The molecule has 0 saturated heterocycles. The van der Waals surface area contributed by atoms with Gasteiger partial charge < -0.3 is 4.74 Å². The van der Waals surface area contributed by atoms with Crippen molar-refractivity contribution in [2.24, 2.45) is 0 Å². The molecule has 0 aliphatic heterocycles. The molecule has 2 rings (SSSR count). The number of rotatable bonds is 4. The van der Waals surface area contributed by atoms with Crippen LogP contribution in [0.1, 0.15) is 12.7 Å². The van der Waals surface area contributed by atoms with Crippen molar-refractivity contribution >= 4 is 40.7 Å². The van der Waals surface area contributed by atoms with Gasteiger partial charge >= 0.3 is 0 Å². The quantitative estimate of drug-likeness (QED) is 0.837. The van der Waals surface area contributed by atoms with Gasteiger partial charge in [0.25, 0.3) is 0 Å². The number of halogens is 2. The maximum absolute atomic E-state index is 12.5. The maximum atomic E-state index is 12.5. The van der Waals surface area contributed by atoms with E-state index in [9.17, 15) is 9.59 Å². The fourth-order valence-electron chi connectivity index (χ4n) is 1.95. The van der Waals surface area contributed by atoms with Crippen LogP contribution in [0, 0.1) is 0 Å². The molecule has 120 valence electrons. The van der Waals surface area contributed by atoms with Gasteiger partial charge in [0.15, 0.2) is 0 Å². The molecule has 0 unspecified atom stereocenters. The van der Waals surface area contributed by atoms with Gasteiger partial charge in [-0.3, -0.25) is 9.59 Å². The fraction of sp³-hybridized carbons (Fsp3) is 0.214. The molecule has 0 N–H and O–H groups in total. The molecule has 0 saturated carbocycles. The first-order valence-electron chi connectivity index (χ1n) is 6.45. The van der Waals surface area contributed by atoms with Crippen molar-refractivity contribution in [3.63, 3.8) is 0 Å². The van der Waals surface area contributed by atoms with Gasteiger partial charge in [-0.1, -0.05) is 12.1 Å². The number of imide groups is 1. The highest BCUT2D eigenvalue weighted by Crippen LogP contribution is 2.28. The lowest BCUT2D eigenvalue weighted by molar-refractivity contribution is -0.125. The SMILES string of the molecule is COc1ccccc1N(C(C)=O)C(=O)Cc1nc(Cl)nc(Cl)n1. The monoisotopic (exact) mass is 354 g/mol. The summed E-state index contributed by atoms with van der Waals surface area (Å²) in [7, 11) is 1.45. The van der Waals surface area contributed by atoms with Gasteiger partial charge in [0.1, 0.15) is 11.6 Å². The van der Waals surface area contributed by atoms with Crippen LogP contribution in [-0.4, -0.2) is 33.9 Å². The second-order valence-electron chi connectivity index (χ2n) is 4.39. The molecule has 1 heterocycles. The molecule has 1 aromatic heterocycles. The van der Waals surface area contributed by atoms with Gasteiger partial charge in [0, 0.05) is 6.92 Å². The van der Waals surface area contributed by atoms with Crippen molar-refractivity contribution in [2.75, 3.05) is 12.0 Å². The lowest BCUT2D eigenvalue weighted by Gasteiger charge is -2.21. The largest absolute Gasteiger partial charge is 0.495 e. The van der Waals surface area contributed by atoms with Crippen molar-refractivity contribution in [1.29, 1.82) is 0 Å². The minimum Gasteiger partial charge on any atom is -0.495 e. The Morgan fingerprint density at radius 2 is 1.74 bits per heavy atom. The van der Waals surface area contributed by atoms with Crippen LogP contribution in [0.2, 0.25) is 10.6 Å². The average molecular weight is 355 g/mol. The van der Waals surface area contributed by atoms with Gasteiger partial charge in [0.05, 0.1) is 19.2 Å². The number of benzene rings is 1. The summed E-state index contributed by atoms with van der Waals surface area (Å²) in [5.74, 6) is -0.546. The third-order valence-corrected chi connectivity index (χ3v) is 3.16. The minimum absolute atomic E-state index is 0.0705. The highest BCUT2D eigenvalue weighted by Gasteiger charge is 2.24. The van der Waals surface area contributed by atoms with Crippen molar-refractivity contribution in [3.05, 3.63) is 40.7 Å². The lowest BCUT2D eigenvalue weighted by Crippen LogP contribution is -2.37. The first-order valence-corrected chi connectivity index (χ1v) is 7.20. The second kappa shape index (κ2) is 7.34. The van der Waals surface area contributed by atoms with E-state index in [2.05, 4.69) is 15.0 Å². The minimum atomic E-state index is -0.541. The molecule has 2 amide bonds. The van der Waals surface area contributed by atoms with E-state index in [-0.39, 0.29) is 22.8 Å². The normalized spacial score (nSPS) is 10.3. The van der Waals surface area contributed by atoms with Crippen molar-refractivity contribution in [2.45, 2.75) is 13.3 Å². The van der Waals surface area contributed by atoms with Gasteiger partial charge in [0.2, 0.25) is 22.4 Å². The third kappa shape index (κ3) is 4.14. The molecule has 7 nitrogen and oxygen atoms in total. The fourth-order valence-corrected chi connectivity index (χ4v) is 2.35. The molecule has 23 heavy (non-hydrogen) atoms. The van der Waals surface area contributed by atoms with Gasteiger partial charge in [-0.25, -0.2) is 14.9 Å². The number of para-hydroxylation sites is 2. The van der Waals surface area contributed by atoms with E-state index in [0.29, 0.717) is 11.4 Å². The number of anilines is 1. The molecule has 9 heteroatoms. The van der Waals surface area contributed by atoms with Crippen LogP contribution in [0.25, 0.3) is 0 Å². The zero-order chi connectivity index (χ0) is 17.0. The van der Waals surface area contributed by atoms with Crippen LogP contribution in [0.15, 0.2) is 24.3 Å². The van der Waals surface area contributed by atoms with Crippen molar-refractivity contribution in [1.82, 2.24) is 15.0 Å². The standard InChI is InChI=1S/C14H12Cl2N4O3/c1-8(21)20(9-5-3-4-6-10(9)23-2)12(22)7-11-17-13(15)19-14(16)18-11/h3-6H,7H2,1-2H3. The molecule has 0 spiro atoms. The van der Waals surface area contributed by atoms with Crippen LogP contribution in [0.3, 0.4) is 0 Å². The highest BCUT2D eigenvalue weighted by atomic mass is 35.5. The Balaban J connectivity index is 2.34. The summed E-state index contributed by atoms with van der Waals surface area (Å²) in [5, 5.41) is -0.251. The van der Waals surface area contributed by atoms with E-state index in [1.165, 1.54) is 14.0 Å². The van der Waals surface area contributed by atoms with E-state index >= 15 is 0 Å². The molecule has 0 atom stereocenters. The third-order valence-electron chi connectivity index (χ3n) is 2.83. The molecule has 0 radical (unpaired) electrons. The van der Waals surface area contributed by atoms with Crippen LogP contribution >= 0.6 is 23.2 Å². The lowest BCUT2D eigenvalue weighted by atomic mass is 10.2. The number of hydrogen-bond acceptors (Lipinski definition) is 6. The first-order chi connectivity index (χ1) is 10.9. The Morgan fingerprint density at radius 3 is 2.30 bits per heavy atom.